The Hall–Kier alpha value is -4.09. The first-order valence-corrected chi connectivity index (χ1v) is 9.13. The number of rotatable bonds is 6. The zero-order valence-corrected chi connectivity index (χ0v) is 16.6. The lowest BCUT2D eigenvalue weighted by Crippen LogP contribution is -2.22. The average molecular weight is 450 g/mol. The van der Waals surface area contributed by atoms with Gasteiger partial charge in [-0.05, 0) is 35.9 Å². The van der Waals surface area contributed by atoms with Crippen molar-refractivity contribution in [2.45, 2.75) is 12.7 Å². The molecule has 0 spiro atoms. The molecule has 1 heterocycles. The quantitative estimate of drug-likeness (QED) is 0.426. The number of nitrogens with two attached hydrogens (primary N) is 1. The van der Waals surface area contributed by atoms with Crippen LogP contribution >= 0.6 is 0 Å². The maximum absolute atomic E-state index is 13.8. The van der Waals surface area contributed by atoms with Gasteiger partial charge in [0.1, 0.15) is 5.82 Å². The van der Waals surface area contributed by atoms with Crippen molar-refractivity contribution in [1.29, 1.82) is 0 Å². The number of benzene rings is 2. The summed E-state index contributed by atoms with van der Waals surface area (Å²) in [5, 5.41) is 10.9. The predicted octanol–water partition coefficient (Wildman–Crippen LogP) is 3.95. The summed E-state index contributed by atoms with van der Waals surface area (Å²) in [6, 6.07) is 7.39. The van der Waals surface area contributed by atoms with Crippen molar-refractivity contribution in [2.24, 2.45) is 5.73 Å². The third kappa shape index (κ3) is 5.33. The third-order valence-corrected chi connectivity index (χ3v) is 4.41. The van der Waals surface area contributed by atoms with Crippen LogP contribution in [0, 0.1) is 5.82 Å². The number of carbonyl (C=O) groups is 2. The van der Waals surface area contributed by atoms with E-state index in [-0.39, 0.29) is 5.69 Å². The number of amides is 3. The Morgan fingerprint density at radius 1 is 1.16 bits per heavy atom. The van der Waals surface area contributed by atoms with E-state index in [2.05, 4.69) is 20.8 Å². The van der Waals surface area contributed by atoms with Gasteiger partial charge in [0.05, 0.1) is 16.9 Å². The van der Waals surface area contributed by atoms with Crippen LogP contribution in [-0.4, -0.2) is 29.2 Å². The summed E-state index contributed by atoms with van der Waals surface area (Å²) in [6.07, 6.45) is -3.16. The molecule has 0 bridgehead atoms. The van der Waals surface area contributed by atoms with E-state index in [1.165, 1.54) is 6.20 Å². The molecule has 0 aliphatic heterocycles. The number of carbonyl (C=O) groups excluding carboxylic acids is 2. The van der Waals surface area contributed by atoms with Crippen molar-refractivity contribution in [1.82, 2.24) is 10.2 Å². The van der Waals surface area contributed by atoms with Crippen molar-refractivity contribution in [2.75, 3.05) is 22.6 Å². The van der Waals surface area contributed by atoms with E-state index in [0.717, 1.165) is 5.56 Å². The van der Waals surface area contributed by atoms with Crippen LogP contribution in [0.25, 0.3) is 0 Å². The maximum atomic E-state index is 13.8. The molecule has 0 saturated carbocycles. The number of anilines is 3. The van der Waals surface area contributed by atoms with Gasteiger partial charge in [0, 0.05) is 25.5 Å². The fourth-order valence-corrected chi connectivity index (χ4v) is 2.94. The lowest BCUT2D eigenvalue weighted by Gasteiger charge is -2.19. The fraction of sp³-hybridized carbons (Fsp3) is 0.150. The number of alkyl halides is 3. The molecule has 32 heavy (non-hydrogen) atoms. The second kappa shape index (κ2) is 8.96. The van der Waals surface area contributed by atoms with Crippen LogP contribution < -0.4 is 21.3 Å². The first-order valence-electron chi connectivity index (χ1n) is 9.13. The standard InChI is InChI=1S/C20H18F4N6O2/c1-30(16-9-26-29-17(16)18(25)31)10-11-3-2-4-13(7-11)27-19(32)28-15-8-12(20(22,23)24)5-6-14(15)21/h2-9H,10H2,1H3,(H2,25,31)(H,26,29)(H2,27,28,32). The molecule has 0 aliphatic carbocycles. The summed E-state index contributed by atoms with van der Waals surface area (Å²) in [5.74, 6) is -1.70. The average Bonchev–Trinajstić information content (AvgIpc) is 3.19. The van der Waals surface area contributed by atoms with E-state index in [0.29, 0.717) is 36.1 Å². The molecule has 5 N–H and O–H groups in total. The van der Waals surface area contributed by atoms with E-state index in [1.807, 2.05) is 0 Å². The number of aromatic nitrogens is 2. The summed E-state index contributed by atoms with van der Waals surface area (Å²) in [5.41, 5.74) is 5.20. The van der Waals surface area contributed by atoms with Gasteiger partial charge < -0.3 is 21.3 Å². The van der Waals surface area contributed by atoms with Crippen molar-refractivity contribution >= 4 is 29.0 Å². The van der Waals surface area contributed by atoms with Gasteiger partial charge in [0.2, 0.25) is 0 Å². The molecule has 1 aromatic heterocycles. The molecule has 0 fully saturated rings. The van der Waals surface area contributed by atoms with Gasteiger partial charge in [-0.15, -0.1) is 0 Å². The van der Waals surface area contributed by atoms with Gasteiger partial charge >= 0.3 is 12.2 Å². The van der Waals surface area contributed by atoms with Crippen LogP contribution in [0.2, 0.25) is 0 Å². The first-order chi connectivity index (χ1) is 15.0. The summed E-state index contributed by atoms with van der Waals surface area (Å²) >= 11 is 0. The Labute approximate surface area is 179 Å². The largest absolute Gasteiger partial charge is 0.416 e. The molecule has 8 nitrogen and oxygen atoms in total. The van der Waals surface area contributed by atoms with E-state index in [1.54, 1.807) is 36.2 Å². The number of urea groups is 1. The van der Waals surface area contributed by atoms with Gasteiger partial charge in [0.25, 0.3) is 5.91 Å². The van der Waals surface area contributed by atoms with Crippen LogP contribution in [0.3, 0.4) is 0 Å². The minimum absolute atomic E-state index is 0.0734. The van der Waals surface area contributed by atoms with E-state index < -0.39 is 35.2 Å². The van der Waals surface area contributed by atoms with E-state index in [9.17, 15) is 27.2 Å². The lowest BCUT2D eigenvalue weighted by atomic mass is 10.1. The number of primary amides is 1. The molecule has 168 valence electrons. The summed E-state index contributed by atoms with van der Waals surface area (Å²) in [4.78, 5) is 25.3. The van der Waals surface area contributed by atoms with Crippen LogP contribution in [0.15, 0.2) is 48.7 Å². The van der Waals surface area contributed by atoms with Crippen molar-refractivity contribution in [3.05, 3.63) is 71.3 Å². The van der Waals surface area contributed by atoms with Crippen molar-refractivity contribution in [3.63, 3.8) is 0 Å². The Morgan fingerprint density at radius 2 is 1.91 bits per heavy atom. The van der Waals surface area contributed by atoms with Gasteiger partial charge in [-0.3, -0.25) is 9.89 Å². The number of nitrogens with zero attached hydrogens (tertiary/aromatic N) is 2. The first kappa shape index (κ1) is 22.6. The van der Waals surface area contributed by atoms with Gasteiger partial charge in [-0.1, -0.05) is 12.1 Å². The van der Waals surface area contributed by atoms with Gasteiger partial charge in [-0.2, -0.15) is 18.3 Å². The van der Waals surface area contributed by atoms with E-state index >= 15 is 0 Å². The minimum Gasteiger partial charge on any atom is -0.367 e. The fourth-order valence-electron chi connectivity index (χ4n) is 2.94. The smallest absolute Gasteiger partial charge is 0.367 e. The Kier molecular flexibility index (Phi) is 6.32. The van der Waals surface area contributed by atoms with Gasteiger partial charge in [-0.25, -0.2) is 9.18 Å². The normalized spacial score (nSPS) is 11.2. The predicted molar refractivity (Wildman–Crippen MR) is 110 cm³/mol. The highest BCUT2D eigenvalue weighted by Crippen LogP contribution is 2.32. The highest BCUT2D eigenvalue weighted by molar-refractivity contribution is 6.00. The topological polar surface area (TPSA) is 116 Å². The lowest BCUT2D eigenvalue weighted by molar-refractivity contribution is -0.137. The van der Waals surface area contributed by atoms with E-state index in [4.69, 9.17) is 5.73 Å². The number of hydrogen-bond acceptors (Lipinski definition) is 4. The number of halogens is 4. The molecule has 12 heteroatoms. The monoisotopic (exact) mass is 450 g/mol. The molecule has 3 amide bonds. The minimum atomic E-state index is -4.68. The molecular formula is C20H18F4N6O2. The Morgan fingerprint density at radius 3 is 2.59 bits per heavy atom. The second-order valence-electron chi connectivity index (χ2n) is 6.81. The zero-order chi connectivity index (χ0) is 23.5. The molecule has 0 radical (unpaired) electrons. The molecule has 0 aliphatic rings. The zero-order valence-electron chi connectivity index (χ0n) is 16.6. The van der Waals surface area contributed by atoms with Crippen LogP contribution in [-0.2, 0) is 12.7 Å². The number of H-pyrrole nitrogens is 1. The Bertz CT molecular complexity index is 1150. The number of hydrogen-bond donors (Lipinski definition) is 4. The molecule has 2 aromatic carbocycles. The molecule has 0 saturated heterocycles. The van der Waals surface area contributed by atoms with Crippen LogP contribution in [0.1, 0.15) is 21.6 Å². The number of aromatic amines is 1. The highest BCUT2D eigenvalue weighted by Gasteiger charge is 2.31. The summed E-state index contributed by atoms with van der Waals surface area (Å²) in [7, 11) is 1.71. The Balaban J connectivity index is 1.69. The van der Waals surface area contributed by atoms with Crippen molar-refractivity contribution in [3.8, 4) is 0 Å². The second-order valence-corrected chi connectivity index (χ2v) is 6.81. The maximum Gasteiger partial charge on any atom is 0.416 e. The molecule has 3 aromatic rings. The third-order valence-electron chi connectivity index (χ3n) is 4.41. The SMILES string of the molecule is CN(Cc1cccc(NC(=O)Nc2cc(C(F)(F)F)ccc2F)c1)c1c[nH]nc1C(N)=O. The van der Waals surface area contributed by atoms with Crippen LogP contribution in [0.5, 0.6) is 0 Å². The molecule has 0 atom stereocenters. The molecular weight excluding hydrogens is 432 g/mol. The summed E-state index contributed by atoms with van der Waals surface area (Å²) < 4.78 is 52.3. The molecule has 0 unspecified atom stereocenters. The summed E-state index contributed by atoms with van der Waals surface area (Å²) in [6.45, 7) is 0.319. The van der Waals surface area contributed by atoms with Crippen LogP contribution in [0.4, 0.5) is 39.4 Å². The highest BCUT2D eigenvalue weighted by atomic mass is 19.4. The van der Waals surface area contributed by atoms with Gasteiger partial charge in [0.15, 0.2) is 5.69 Å². The van der Waals surface area contributed by atoms with Crippen molar-refractivity contribution < 1.29 is 27.2 Å². The number of nitrogens with one attached hydrogen (secondary N) is 3. The molecule has 3 rings (SSSR count).